The minimum atomic E-state index is -0.564. The Morgan fingerprint density at radius 2 is 2.00 bits per heavy atom. The Morgan fingerprint density at radius 3 is 2.53 bits per heavy atom. The van der Waals surface area contributed by atoms with Crippen molar-refractivity contribution in [2.75, 3.05) is 18.9 Å². The second-order valence-electron chi connectivity index (χ2n) is 5.48. The van der Waals surface area contributed by atoms with Crippen LogP contribution >= 0.6 is 8.15 Å². The Labute approximate surface area is 120 Å². The van der Waals surface area contributed by atoms with Crippen molar-refractivity contribution in [2.45, 2.75) is 58.9 Å². The molecule has 0 aliphatic heterocycles. The number of carbonyl (C=O) groups excluding carboxylic acids is 1. The van der Waals surface area contributed by atoms with E-state index in [4.69, 9.17) is 16.6 Å². The molecule has 0 aliphatic rings. The molecule has 0 N–H and O–H groups in total. The van der Waals surface area contributed by atoms with Gasteiger partial charge in [-0.3, -0.25) is 0 Å². The van der Waals surface area contributed by atoms with Gasteiger partial charge in [0.05, 0.1) is 0 Å². The van der Waals surface area contributed by atoms with Crippen LogP contribution in [0.1, 0.15) is 47.0 Å². The predicted molar refractivity (Wildman–Crippen MR) is 84.3 cm³/mol. The van der Waals surface area contributed by atoms with Gasteiger partial charge in [-0.2, -0.15) is 0 Å². The van der Waals surface area contributed by atoms with Gasteiger partial charge in [0.15, 0.2) is 0 Å². The molecule has 0 amide bonds. The average Bonchev–Trinajstić information content (AvgIpc) is 2.30. The van der Waals surface area contributed by atoms with E-state index in [1.54, 1.807) is 6.80 Å². The fourth-order valence-corrected chi connectivity index (χ4v) is 3.14. The first-order chi connectivity index (χ1) is 8.89. The minimum absolute atomic E-state index is 0.143. The van der Waals surface area contributed by atoms with Crippen LogP contribution in [0.3, 0.4) is 0 Å². The van der Waals surface area contributed by atoms with Crippen molar-refractivity contribution in [1.82, 2.24) is 0 Å². The van der Waals surface area contributed by atoms with Crippen LogP contribution in [-0.2, 0) is 14.1 Å². The summed E-state index contributed by atoms with van der Waals surface area (Å²) in [6.07, 6.45) is 5.15. The molecular weight excluding hydrogens is 257 g/mol. The van der Waals surface area contributed by atoms with E-state index < -0.39 is 13.7 Å². The monoisotopic (exact) mass is 283 g/mol. The molecule has 0 aromatic carbocycles. The van der Waals surface area contributed by atoms with E-state index in [2.05, 4.69) is 6.92 Å². The number of carbonyl (C=O) groups is 1. The van der Waals surface area contributed by atoms with Crippen LogP contribution in [0.5, 0.6) is 0 Å². The van der Waals surface area contributed by atoms with Crippen LogP contribution in [0.25, 0.3) is 0 Å². The summed E-state index contributed by atoms with van der Waals surface area (Å²) in [6, 6.07) is 0. The van der Waals surface area contributed by atoms with Gasteiger partial charge in [-0.1, -0.05) is 0 Å². The van der Waals surface area contributed by atoms with E-state index in [0.29, 0.717) is 6.42 Å². The zero-order valence-corrected chi connectivity index (χ0v) is 13.7. The van der Waals surface area contributed by atoms with E-state index >= 15 is 0 Å². The van der Waals surface area contributed by atoms with Gasteiger partial charge in [0.2, 0.25) is 0 Å². The van der Waals surface area contributed by atoms with Gasteiger partial charge >= 0.3 is 120 Å². The van der Waals surface area contributed by atoms with E-state index in [1.807, 2.05) is 20.8 Å². The summed E-state index contributed by atoms with van der Waals surface area (Å²) in [7, 11) is 4.84. The Morgan fingerprint density at radius 1 is 1.32 bits per heavy atom. The molecule has 0 saturated heterocycles. The summed E-state index contributed by atoms with van der Waals surface area (Å²) in [5, 5.41) is 0. The molecule has 0 fully saturated rings. The first kappa shape index (κ1) is 19.0. The number of esters is 1. The van der Waals surface area contributed by atoms with E-state index in [-0.39, 0.29) is 5.97 Å². The van der Waals surface area contributed by atoms with Gasteiger partial charge in [0, 0.05) is 0 Å². The van der Waals surface area contributed by atoms with Crippen molar-refractivity contribution < 1.29 is 14.1 Å². The summed E-state index contributed by atoms with van der Waals surface area (Å²) < 4.78 is 11.1. The third kappa shape index (κ3) is 12.8. The SMILES string of the molecule is [B]=BCCP(CCC(=O)OC(C)(C)C)OCCCC. The van der Waals surface area contributed by atoms with Crippen molar-refractivity contribution in [3.8, 4) is 0 Å². The fraction of sp³-hybridized carbons (Fsp3) is 0.923. The molecule has 1 radical (unpaired) electrons. The Bertz CT molecular complexity index is 267. The molecule has 0 bridgehead atoms. The summed E-state index contributed by atoms with van der Waals surface area (Å²) in [6.45, 7) is 10.2. The van der Waals surface area contributed by atoms with Crippen LogP contribution in [0, 0.1) is 0 Å². The molecular formula is C13H26B2O3P. The maximum absolute atomic E-state index is 11.7. The van der Waals surface area contributed by atoms with Gasteiger partial charge in [-0.15, -0.1) is 0 Å². The number of ether oxygens (including phenoxy) is 1. The van der Waals surface area contributed by atoms with Crippen molar-refractivity contribution in [2.24, 2.45) is 0 Å². The standard InChI is InChI=1S/C13H26B2O3P/c1-5-6-9-17-19(11-8-15-14)10-7-12(16)18-13(2,3)4/h5-11H2,1-4H3. The normalized spacial score (nSPS) is 12.8. The molecule has 0 aromatic rings. The number of hydrogen-bond donors (Lipinski definition) is 0. The van der Waals surface area contributed by atoms with Gasteiger partial charge in [-0.25, -0.2) is 0 Å². The Balaban J connectivity index is 4.01. The summed E-state index contributed by atoms with van der Waals surface area (Å²) in [5.41, 5.74) is -0.409. The molecule has 0 rings (SSSR count). The van der Waals surface area contributed by atoms with E-state index in [1.165, 1.54) is 0 Å². The van der Waals surface area contributed by atoms with Gasteiger partial charge in [-0.05, 0) is 0 Å². The first-order valence-electron chi connectivity index (χ1n) is 7.02. The molecule has 0 aliphatic carbocycles. The molecule has 107 valence electrons. The predicted octanol–water partition coefficient (Wildman–Crippen LogP) is 3.14. The first-order valence-corrected chi connectivity index (χ1v) is 8.65. The van der Waals surface area contributed by atoms with Crippen molar-refractivity contribution >= 4 is 28.3 Å². The third-order valence-corrected chi connectivity index (χ3v) is 4.33. The quantitative estimate of drug-likeness (QED) is 0.267. The zero-order valence-electron chi connectivity index (χ0n) is 12.8. The summed E-state index contributed by atoms with van der Waals surface area (Å²) >= 11 is 0. The second-order valence-corrected chi connectivity index (χ2v) is 7.59. The Kier molecular flexibility index (Phi) is 10.7. The van der Waals surface area contributed by atoms with Crippen molar-refractivity contribution in [3.05, 3.63) is 0 Å². The van der Waals surface area contributed by atoms with Gasteiger partial charge in [0.25, 0.3) is 0 Å². The molecule has 3 nitrogen and oxygen atoms in total. The molecule has 0 saturated carbocycles. The van der Waals surface area contributed by atoms with E-state index in [9.17, 15) is 4.79 Å². The van der Waals surface area contributed by atoms with Crippen LogP contribution in [0.2, 0.25) is 6.32 Å². The number of rotatable bonds is 10. The average molecular weight is 283 g/mol. The summed E-state index contributed by atoms with van der Waals surface area (Å²) in [4.78, 5) is 11.7. The second kappa shape index (κ2) is 10.7. The molecule has 0 spiro atoms. The molecule has 0 heterocycles. The van der Waals surface area contributed by atoms with Crippen LogP contribution in [0.15, 0.2) is 0 Å². The maximum atomic E-state index is 11.7. The Hall–Kier alpha value is -0.0101. The van der Waals surface area contributed by atoms with E-state index in [0.717, 1.165) is 38.1 Å². The zero-order chi connectivity index (χ0) is 14.7. The number of hydrogen-bond acceptors (Lipinski definition) is 3. The third-order valence-electron chi connectivity index (χ3n) is 2.30. The molecule has 0 aromatic heterocycles. The van der Waals surface area contributed by atoms with Crippen molar-refractivity contribution in [3.63, 3.8) is 0 Å². The van der Waals surface area contributed by atoms with Gasteiger partial charge in [0.1, 0.15) is 0 Å². The molecule has 1 unspecified atom stereocenters. The topological polar surface area (TPSA) is 35.5 Å². The number of unbranched alkanes of at least 4 members (excludes halogenated alkanes) is 1. The van der Waals surface area contributed by atoms with Gasteiger partial charge < -0.3 is 0 Å². The fourth-order valence-electron chi connectivity index (χ4n) is 1.41. The molecule has 1 atom stereocenters. The summed E-state index contributed by atoms with van der Waals surface area (Å²) in [5.74, 6) is -0.143. The van der Waals surface area contributed by atoms with Crippen LogP contribution in [0.4, 0.5) is 0 Å². The molecule has 19 heavy (non-hydrogen) atoms. The van der Waals surface area contributed by atoms with Crippen LogP contribution in [-0.4, -0.2) is 44.7 Å². The van der Waals surface area contributed by atoms with Crippen LogP contribution < -0.4 is 0 Å². The molecule has 6 heteroatoms. The van der Waals surface area contributed by atoms with Crippen molar-refractivity contribution in [1.29, 1.82) is 0 Å².